The molecule has 2 amide bonds. The zero-order valence-electron chi connectivity index (χ0n) is 21.2. The number of halogens is 1. The third-order valence-electron chi connectivity index (χ3n) is 5.97. The van der Waals surface area contributed by atoms with Crippen LogP contribution in [0, 0.1) is 12.8 Å². The lowest BCUT2D eigenvalue weighted by molar-refractivity contribution is -0.139. The summed E-state index contributed by atoms with van der Waals surface area (Å²) in [7, 11) is 0. The van der Waals surface area contributed by atoms with E-state index in [0.29, 0.717) is 31.2 Å². The average Bonchev–Trinajstić information content (AvgIpc) is 2.87. The Morgan fingerprint density at radius 2 is 1.58 bits per heavy atom. The van der Waals surface area contributed by atoms with Gasteiger partial charge in [0.25, 0.3) is 0 Å². The van der Waals surface area contributed by atoms with Crippen LogP contribution in [0.5, 0.6) is 0 Å². The summed E-state index contributed by atoms with van der Waals surface area (Å²) in [5.41, 5.74) is 4.47. The quantitative estimate of drug-likeness (QED) is 0.276. The first-order chi connectivity index (χ1) is 17.3. The van der Waals surface area contributed by atoms with Crippen LogP contribution in [0.25, 0.3) is 0 Å². The van der Waals surface area contributed by atoms with E-state index in [-0.39, 0.29) is 11.8 Å². The van der Waals surface area contributed by atoms with Crippen molar-refractivity contribution >= 4 is 39.5 Å². The summed E-state index contributed by atoms with van der Waals surface area (Å²) in [5, 5.41) is 3.07. The van der Waals surface area contributed by atoms with Gasteiger partial charge in [-0.15, -0.1) is 11.8 Å². The zero-order chi connectivity index (χ0) is 25.9. The van der Waals surface area contributed by atoms with Crippen LogP contribution in [0.15, 0.2) is 83.3 Å². The highest BCUT2D eigenvalue weighted by molar-refractivity contribution is 9.10. The van der Waals surface area contributed by atoms with Crippen molar-refractivity contribution < 1.29 is 9.59 Å². The third kappa shape index (κ3) is 8.82. The van der Waals surface area contributed by atoms with E-state index in [0.717, 1.165) is 21.4 Å². The molecule has 6 heteroatoms. The molecule has 0 heterocycles. The van der Waals surface area contributed by atoms with Gasteiger partial charge < -0.3 is 10.2 Å². The molecule has 0 radical (unpaired) electrons. The average molecular weight is 568 g/mol. The molecule has 0 saturated carbocycles. The Hall–Kier alpha value is -2.57. The summed E-state index contributed by atoms with van der Waals surface area (Å²) in [4.78, 5) is 28.9. The Kier molecular flexibility index (Phi) is 11.1. The first-order valence-electron chi connectivity index (χ1n) is 12.3. The lowest BCUT2D eigenvalue weighted by atomic mass is 10.0. The van der Waals surface area contributed by atoms with Crippen LogP contribution in [-0.2, 0) is 28.3 Å². The highest BCUT2D eigenvalue weighted by Crippen LogP contribution is 2.20. The van der Waals surface area contributed by atoms with E-state index in [4.69, 9.17) is 0 Å². The second-order valence-electron chi connectivity index (χ2n) is 9.41. The maximum Gasteiger partial charge on any atom is 0.243 e. The largest absolute Gasteiger partial charge is 0.354 e. The van der Waals surface area contributed by atoms with E-state index in [9.17, 15) is 9.59 Å². The SMILES string of the molecule is Cc1ccccc1CSCC(=O)N(Cc1ccc(Br)cc1)[C@H](Cc1ccccc1)C(=O)NCC(C)C. The normalized spacial score (nSPS) is 11.8. The predicted molar refractivity (Wildman–Crippen MR) is 154 cm³/mol. The van der Waals surface area contributed by atoms with Crippen LogP contribution < -0.4 is 5.32 Å². The number of carbonyl (C=O) groups excluding carboxylic acids is 2. The van der Waals surface area contributed by atoms with Crippen LogP contribution in [-0.4, -0.2) is 35.1 Å². The van der Waals surface area contributed by atoms with Crippen molar-refractivity contribution in [1.29, 1.82) is 0 Å². The molecule has 0 fully saturated rings. The molecule has 0 aromatic heterocycles. The Balaban J connectivity index is 1.84. The van der Waals surface area contributed by atoms with Crippen molar-refractivity contribution in [2.75, 3.05) is 12.3 Å². The van der Waals surface area contributed by atoms with Gasteiger partial charge in [-0.1, -0.05) is 96.5 Å². The summed E-state index contributed by atoms with van der Waals surface area (Å²) in [6, 6.07) is 25.5. The van der Waals surface area contributed by atoms with Gasteiger partial charge in [-0.2, -0.15) is 0 Å². The molecular weight excluding hydrogens is 532 g/mol. The van der Waals surface area contributed by atoms with Crippen LogP contribution in [0.3, 0.4) is 0 Å². The van der Waals surface area contributed by atoms with Crippen molar-refractivity contribution in [2.24, 2.45) is 5.92 Å². The highest BCUT2D eigenvalue weighted by Gasteiger charge is 2.30. The van der Waals surface area contributed by atoms with Crippen molar-refractivity contribution in [2.45, 2.75) is 45.5 Å². The van der Waals surface area contributed by atoms with Gasteiger partial charge in [-0.25, -0.2) is 0 Å². The standard InChI is InChI=1S/C30H35BrN2O2S/c1-22(2)18-32-30(35)28(17-24-10-5-4-6-11-24)33(19-25-13-15-27(31)16-14-25)29(34)21-36-20-26-12-8-7-9-23(26)3/h4-16,22,28H,17-21H2,1-3H3,(H,32,35)/t28-/m1/s1. The molecule has 1 N–H and O–H groups in total. The number of thioether (sulfide) groups is 1. The van der Waals surface area contributed by atoms with Gasteiger partial charge >= 0.3 is 0 Å². The van der Waals surface area contributed by atoms with E-state index in [2.05, 4.69) is 54.2 Å². The smallest absolute Gasteiger partial charge is 0.243 e. The number of hydrogen-bond donors (Lipinski definition) is 1. The topological polar surface area (TPSA) is 49.4 Å². The number of aryl methyl sites for hydroxylation is 1. The van der Waals surface area contributed by atoms with Gasteiger partial charge in [0.2, 0.25) is 11.8 Å². The molecule has 3 aromatic carbocycles. The molecule has 3 rings (SSSR count). The fraction of sp³-hybridized carbons (Fsp3) is 0.333. The Labute approximate surface area is 228 Å². The lowest BCUT2D eigenvalue weighted by Crippen LogP contribution is -2.51. The molecule has 0 aliphatic rings. The van der Waals surface area contributed by atoms with Gasteiger partial charge in [-0.3, -0.25) is 9.59 Å². The molecule has 4 nitrogen and oxygen atoms in total. The molecule has 0 saturated heterocycles. The van der Waals surface area contributed by atoms with Crippen LogP contribution >= 0.6 is 27.7 Å². The molecule has 190 valence electrons. The maximum absolute atomic E-state index is 13.7. The molecule has 0 spiro atoms. The maximum atomic E-state index is 13.7. The van der Waals surface area contributed by atoms with Crippen LogP contribution in [0.4, 0.5) is 0 Å². The van der Waals surface area contributed by atoms with E-state index in [1.807, 2.05) is 66.7 Å². The van der Waals surface area contributed by atoms with Crippen molar-refractivity contribution in [3.8, 4) is 0 Å². The summed E-state index contributed by atoms with van der Waals surface area (Å²) in [6.45, 7) is 7.18. The highest BCUT2D eigenvalue weighted by atomic mass is 79.9. The molecule has 1 atom stereocenters. The zero-order valence-corrected chi connectivity index (χ0v) is 23.6. The van der Waals surface area contributed by atoms with E-state index < -0.39 is 6.04 Å². The van der Waals surface area contributed by atoms with Crippen molar-refractivity contribution in [1.82, 2.24) is 10.2 Å². The van der Waals surface area contributed by atoms with Crippen LogP contribution in [0.1, 0.15) is 36.1 Å². The molecule has 0 aliphatic heterocycles. The number of hydrogen-bond acceptors (Lipinski definition) is 3. The fourth-order valence-electron chi connectivity index (χ4n) is 3.87. The van der Waals surface area contributed by atoms with Gasteiger partial charge in [0, 0.05) is 29.7 Å². The van der Waals surface area contributed by atoms with Crippen molar-refractivity contribution in [3.63, 3.8) is 0 Å². The van der Waals surface area contributed by atoms with Gasteiger partial charge in [-0.05, 0) is 47.2 Å². The summed E-state index contributed by atoms with van der Waals surface area (Å²) in [5.74, 6) is 1.26. The number of nitrogens with zero attached hydrogens (tertiary/aromatic N) is 1. The summed E-state index contributed by atoms with van der Waals surface area (Å²) >= 11 is 5.08. The molecule has 0 bridgehead atoms. The molecule has 3 aromatic rings. The molecule has 36 heavy (non-hydrogen) atoms. The number of benzene rings is 3. The minimum atomic E-state index is -0.596. The minimum absolute atomic E-state index is 0.0304. The Bertz CT molecular complexity index is 1120. The van der Waals surface area contributed by atoms with E-state index in [1.165, 1.54) is 11.1 Å². The number of carbonyl (C=O) groups is 2. The monoisotopic (exact) mass is 566 g/mol. The lowest BCUT2D eigenvalue weighted by Gasteiger charge is -2.32. The predicted octanol–water partition coefficient (Wildman–Crippen LogP) is 6.40. The third-order valence-corrected chi connectivity index (χ3v) is 7.46. The minimum Gasteiger partial charge on any atom is -0.354 e. The van der Waals surface area contributed by atoms with E-state index >= 15 is 0 Å². The van der Waals surface area contributed by atoms with E-state index in [1.54, 1.807) is 16.7 Å². The second-order valence-corrected chi connectivity index (χ2v) is 11.3. The summed E-state index contributed by atoms with van der Waals surface area (Å²) < 4.78 is 0.980. The van der Waals surface area contributed by atoms with Crippen LogP contribution in [0.2, 0.25) is 0 Å². The van der Waals surface area contributed by atoms with Crippen molar-refractivity contribution in [3.05, 3.63) is 106 Å². The van der Waals surface area contributed by atoms with Gasteiger partial charge in [0.15, 0.2) is 0 Å². The Morgan fingerprint density at radius 1 is 0.917 bits per heavy atom. The second kappa shape index (κ2) is 14.2. The number of nitrogens with one attached hydrogen (secondary N) is 1. The first-order valence-corrected chi connectivity index (χ1v) is 14.3. The molecule has 0 unspecified atom stereocenters. The van der Waals surface area contributed by atoms with Gasteiger partial charge in [0.1, 0.15) is 6.04 Å². The number of amides is 2. The first kappa shape index (κ1) is 28.0. The fourth-order valence-corrected chi connectivity index (χ4v) is 5.12. The molecule has 0 aliphatic carbocycles. The van der Waals surface area contributed by atoms with Gasteiger partial charge in [0.05, 0.1) is 5.75 Å². The molecular formula is C30H35BrN2O2S. The summed E-state index contributed by atoms with van der Waals surface area (Å²) in [6.07, 6.45) is 0.468. The Morgan fingerprint density at radius 3 is 2.25 bits per heavy atom. The number of rotatable bonds is 12.